The van der Waals surface area contributed by atoms with Crippen molar-refractivity contribution < 1.29 is 14.3 Å². The van der Waals surface area contributed by atoms with E-state index in [0.29, 0.717) is 12.2 Å². The minimum Gasteiger partial charge on any atom is -0.478 e. The Balaban J connectivity index is 2.25. The first-order valence-corrected chi connectivity index (χ1v) is 10.9. The molecule has 0 aliphatic carbocycles. The number of aromatic carboxylic acids is 1. The Kier molecular flexibility index (Phi) is 4.73. The Morgan fingerprint density at radius 3 is 2.52 bits per heavy atom. The Hall–Kier alpha value is -1.59. The van der Waals surface area contributed by atoms with Crippen molar-refractivity contribution in [3.8, 4) is 0 Å². The molecule has 0 bridgehead atoms. The van der Waals surface area contributed by atoms with Crippen LogP contribution >= 0.6 is 0 Å². The molecule has 2 rings (SSSR count). The van der Waals surface area contributed by atoms with E-state index in [-0.39, 0.29) is 5.04 Å². The lowest BCUT2D eigenvalue weighted by Gasteiger charge is -2.36. The van der Waals surface area contributed by atoms with Crippen LogP contribution in [0.2, 0.25) is 18.1 Å². The molecule has 0 unspecified atom stereocenters. The number of aromatic amines is 1. The number of aryl methyl sites for hydroxylation is 1. The standard InChI is InChI=1S/C18H27NO3Si/c1-12-7-8-14(17(20)21)15-13(11-19-16(12)15)9-10-22-23(5,6)18(2,3)4/h7-8,11,19H,9-10H2,1-6H3,(H,20,21). The molecule has 0 aliphatic rings. The summed E-state index contributed by atoms with van der Waals surface area (Å²) in [5.74, 6) is -0.888. The van der Waals surface area contributed by atoms with Crippen molar-refractivity contribution in [1.29, 1.82) is 0 Å². The van der Waals surface area contributed by atoms with E-state index >= 15 is 0 Å². The van der Waals surface area contributed by atoms with Gasteiger partial charge >= 0.3 is 5.97 Å². The summed E-state index contributed by atoms with van der Waals surface area (Å²) < 4.78 is 6.22. The zero-order chi connectivity index (χ0) is 17.4. The number of hydrogen-bond donors (Lipinski definition) is 2. The summed E-state index contributed by atoms with van der Waals surface area (Å²) >= 11 is 0. The second kappa shape index (κ2) is 6.13. The third-order valence-electron chi connectivity index (χ3n) is 5.00. The summed E-state index contributed by atoms with van der Waals surface area (Å²) in [7, 11) is -1.78. The monoisotopic (exact) mass is 333 g/mol. The molecule has 4 nitrogen and oxygen atoms in total. The molecule has 1 aromatic heterocycles. The van der Waals surface area contributed by atoms with Crippen LogP contribution in [0.15, 0.2) is 18.3 Å². The summed E-state index contributed by atoms with van der Waals surface area (Å²) in [5, 5.41) is 10.4. The van der Waals surface area contributed by atoms with Crippen LogP contribution in [0.5, 0.6) is 0 Å². The highest BCUT2D eigenvalue weighted by Gasteiger charge is 2.36. The molecular formula is C18H27NO3Si. The number of benzene rings is 1. The molecule has 2 N–H and O–H groups in total. The molecule has 126 valence electrons. The fraction of sp³-hybridized carbons (Fsp3) is 0.500. The maximum absolute atomic E-state index is 11.5. The maximum atomic E-state index is 11.5. The number of fused-ring (bicyclic) bond motifs is 1. The van der Waals surface area contributed by atoms with Gasteiger partial charge in [-0.25, -0.2) is 4.79 Å². The molecule has 0 fully saturated rings. The van der Waals surface area contributed by atoms with Crippen molar-refractivity contribution in [3.05, 3.63) is 35.0 Å². The Morgan fingerprint density at radius 1 is 1.30 bits per heavy atom. The first-order valence-electron chi connectivity index (χ1n) is 8.01. The van der Waals surface area contributed by atoms with E-state index in [1.165, 1.54) is 0 Å². The van der Waals surface area contributed by atoms with Crippen molar-refractivity contribution in [3.63, 3.8) is 0 Å². The molecule has 0 saturated heterocycles. The van der Waals surface area contributed by atoms with Gasteiger partial charge in [0, 0.05) is 23.7 Å². The number of rotatable bonds is 5. The highest BCUT2D eigenvalue weighted by molar-refractivity contribution is 6.74. The van der Waals surface area contributed by atoms with Crippen LogP contribution in [0.25, 0.3) is 10.9 Å². The molecular weight excluding hydrogens is 306 g/mol. The third-order valence-corrected chi connectivity index (χ3v) is 9.53. The molecule has 23 heavy (non-hydrogen) atoms. The first kappa shape index (κ1) is 17.8. The Bertz CT molecular complexity index is 726. The number of hydrogen-bond acceptors (Lipinski definition) is 2. The molecule has 0 spiro atoms. The van der Waals surface area contributed by atoms with Gasteiger partial charge in [0.05, 0.1) is 5.56 Å². The van der Waals surface area contributed by atoms with E-state index in [1.54, 1.807) is 6.07 Å². The van der Waals surface area contributed by atoms with Crippen LogP contribution < -0.4 is 0 Å². The third kappa shape index (κ3) is 3.51. The van der Waals surface area contributed by atoms with Crippen molar-refractivity contribution in [2.75, 3.05) is 6.61 Å². The van der Waals surface area contributed by atoms with E-state index in [4.69, 9.17) is 4.43 Å². The number of carbonyl (C=O) groups is 1. The molecule has 2 aromatic rings. The van der Waals surface area contributed by atoms with Gasteiger partial charge in [-0.2, -0.15) is 0 Å². The van der Waals surface area contributed by atoms with Crippen molar-refractivity contribution in [2.24, 2.45) is 0 Å². The summed E-state index contributed by atoms with van der Waals surface area (Å²) in [6.45, 7) is 13.7. The summed E-state index contributed by atoms with van der Waals surface area (Å²) in [6, 6.07) is 3.53. The Morgan fingerprint density at radius 2 is 1.96 bits per heavy atom. The van der Waals surface area contributed by atoms with E-state index in [2.05, 4.69) is 38.8 Å². The normalized spacial score (nSPS) is 12.8. The lowest BCUT2D eigenvalue weighted by molar-refractivity contribution is 0.0699. The Labute approximate surface area is 139 Å². The smallest absolute Gasteiger partial charge is 0.336 e. The fourth-order valence-electron chi connectivity index (χ4n) is 2.47. The molecule has 0 saturated carbocycles. The van der Waals surface area contributed by atoms with Crippen LogP contribution in [0.4, 0.5) is 0 Å². The molecule has 0 radical (unpaired) electrons. The number of carboxylic acids is 1. The largest absolute Gasteiger partial charge is 0.478 e. The number of H-pyrrole nitrogens is 1. The topological polar surface area (TPSA) is 62.3 Å². The predicted octanol–water partition coefficient (Wildman–Crippen LogP) is 4.74. The van der Waals surface area contributed by atoms with E-state index in [9.17, 15) is 9.90 Å². The van der Waals surface area contributed by atoms with Crippen LogP contribution in [0, 0.1) is 6.92 Å². The molecule has 0 atom stereocenters. The van der Waals surface area contributed by atoms with E-state index < -0.39 is 14.3 Å². The highest BCUT2D eigenvalue weighted by atomic mass is 28.4. The minimum atomic E-state index is -1.78. The molecule has 0 aliphatic heterocycles. The zero-order valence-corrected chi connectivity index (χ0v) is 15.9. The van der Waals surface area contributed by atoms with Crippen LogP contribution in [0.3, 0.4) is 0 Å². The molecule has 1 heterocycles. The molecule has 5 heteroatoms. The van der Waals surface area contributed by atoms with Gasteiger partial charge in [0.25, 0.3) is 0 Å². The lowest BCUT2D eigenvalue weighted by atomic mass is 10.0. The van der Waals surface area contributed by atoms with Gasteiger partial charge in [0.1, 0.15) is 0 Å². The van der Waals surface area contributed by atoms with Gasteiger partial charge in [-0.05, 0) is 48.7 Å². The van der Waals surface area contributed by atoms with Crippen molar-refractivity contribution in [1.82, 2.24) is 4.98 Å². The van der Waals surface area contributed by atoms with Gasteiger partial charge in [-0.1, -0.05) is 26.8 Å². The molecule has 0 amide bonds. The second-order valence-electron chi connectivity index (χ2n) is 7.66. The van der Waals surface area contributed by atoms with Gasteiger partial charge < -0.3 is 14.5 Å². The van der Waals surface area contributed by atoms with Crippen LogP contribution in [-0.4, -0.2) is 31.0 Å². The number of aromatic nitrogens is 1. The van der Waals surface area contributed by atoms with Gasteiger partial charge in [0.2, 0.25) is 0 Å². The lowest BCUT2D eigenvalue weighted by Crippen LogP contribution is -2.41. The maximum Gasteiger partial charge on any atom is 0.336 e. The predicted molar refractivity (Wildman–Crippen MR) is 96.8 cm³/mol. The van der Waals surface area contributed by atoms with Crippen molar-refractivity contribution >= 4 is 25.2 Å². The average molecular weight is 334 g/mol. The fourth-order valence-corrected chi connectivity index (χ4v) is 3.51. The SMILES string of the molecule is Cc1ccc(C(=O)O)c2c(CCO[Si](C)(C)C(C)(C)C)c[nH]c12. The number of nitrogens with one attached hydrogen (secondary N) is 1. The quantitative estimate of drug-likeness (QED) is 0.777. The highest BCUT2D eigenvalue weighted by Crippen LogP contribution is 2.36. The van der Waals surface area contributed by atoms with Gasteiger partial charge in [-0.15, -0.1) is 0 Å². The summed E-state index contributed by atoms with van der Waals surface area (Å²) in [4.78, 5) is 14.7. The van der Waals surface area contributed by atoms with Crippen LogP contribution in [-0.2, 0) is 10.8 Å². The van der Waals surface area contributed by atoms with Gasteiger partial charge in [-0.3, -0.25) is 0 Å². The second-order valence-corrected chi connectivity index (χ2v) is 12.5. The minimum absolute atomic E-state index is 0.177. The van der Waals surface area contributed by atoms with E-state index in [1.807, 2.05) is 19.2 Å². The summed E-state index contributed by atoms with van der Waals surface area (Å²) in [5.41, 5.74) is 3.34. The summed E-state index contributed by atoms with van der Waals surface area (Å²) in [6.07, 6.45) is 2.63. The van der Waals surface area contributed by atoms with Crippen LogP contribution in [0.1, 0.15) is 42.3 Å². The molecule has 1 aromatic carbocycles. The van der Waals surface area contributed by atoms with Gasteiger partial charge in [0.15, 0.2) is 8.32 Å². The average Bonchev–Trinajstić information content (AvgIpc) is 2.82. The van der Waals surface area contributed by atoms with Crippen molar-refractivity contribution in [2.45, 2.75) is 52.2 Å². The van der Waals surface area contributed by atoms with E-state index in [0.717, 1.165) is 28.5 Å². The number of carboxylic acid groups (broad SMARTS) is 1. The zero-order valence-electron chi connectivity index (χ0n) is 14.9. The first-order chi connectivity index (χ1) is 10.5.